The van der Waals surface area contributed by atoms with Crippen LogP contribution >= 0.6 is 0 Å². The zero-order chi connectivity index (χ0) is 28.7. The number of nitrogens with zero attached hydrogens (tertiary/aromatic N) is 1. The van der Waals surface area contributed by atoms with Crippen LogP contribution in [0.4, 0.5) is 17.1 Å². The molecule has 0 aliphatic heterocycles. The Labute approximate surface area is 231 Å². The molecule has 10 nitrogen and oxygen atoms in total. The molecule has 2 N–H and O–H groups in total. The Kier molecular flexibility index (Phi) is 8.45. The van der Waals surface area contributed by atoms with Crippen molar-refractivity contribution in [3.63, 3.8) is 0 Å². The van der Waals surface area contributed by atoms with E-state index >= 15 is 0 Å². The van der Waals surface area contributed by atoms with E-state index in [1.807, 2.05) is 0 Å². The largest absolute Gasteiger partial charge is 0.497 e. The number of hydrogen-bond acceptors (Lipinski definition) is 7. The van der Waals surface area contributed by atoms with Crippen molar-refractivity contribution in [3.05, 3.63) is 118 Å². The van der Waals surface area contributed by atoms with Gasteiger partial charge in [-0.3, -0.25) is 19.6 Å². The lowest BCUT2D eigenvalue weighted by Crippen LogP contribution is -2.15. The summed E-state index contributed by atoms with van der Waals surface area (Å²) in [7, 11) is -1.06. The number of amides is 1. The molecule has 204 valence electrons. The molecule has 0 aromatic heterocycles. The number of hydrogen-bond donors (Lipinski definition) is 2. The number of nitro groups is 1. The monoisotopic (exact) mass is 559 g/mol. The molecule has 0 unspecified atom stereocenters. The van der Waals surface area contributed by atoms with Crippen LogP contribution in [0.1, 0.15) is 11.1 Å². The highest BCUT2D eigenvalue weighted by molar-refractivity contribution is 7.92. The minimum Gasteiger partial charge on any atom is -0.497 e. The van der Waals surface area contributed by atoms with Gasteiger partial charge in [0.05, 0.1) is 29.7 Å². The lowest BCUT2D eigenvalue weighted by molar-refractivity contribution is -0.384. The summed E-state index contributed by atoms with van der Waals surface area (Å²) in [6, 6.07) is 25.1. The van der Waals surface area contributed by atoms with Gasteiger partial charge in [-0.1, -0.05) is 42.5 Å². The Balaban J connectivity index is 1.57. The Bertz CT molecular complexity index is 1670. The molecule has 0 aliphatic rings. The van der Waals surface area contributed by atoms with Crippen LogP contribution in [0.2, 0.25) is 0 Å². The molecule has 0 spiro atoms. The van der Waals surface area contributed by atoms with E-state index in [9.17, 15) is 23.3 Å². The zero-order valence-corrected chi connectivity index (χ0v) is 22.3. The Hall–Kier alpha value is -5.16. The lowest BCUT2D eigenvalue weighted by Gasteiger charge is -2.14. The summed E-state index contributed by atoms with van der Waals surface area (Å²) in [4.78, 5) is 24.0. The fourth-order valence-corrected chi connectivity index (χ4v) is 4.87. The third kappa shape index (κ3) is 6.63. The third-order valence-electron chi connectivity index (χ3n) is 5.80. The molecule has 0 aliphatic carbocycles. The molecule has 0 saturated heterocycles. The van der Waals surface area contributed by atoms with Crippen LogP contribution in [-0.2, 0) is 14.8 Å². The zero-order valence-electron chi connectivity index (χ0n) is 21.5. The van der Waals surface area contributed by atoms with E-state index in [2.05, 4.69) is 10.0 Å². The van der Waals surface area contributed by atoms with Gasteiger partial charge in [0.25, 0.3) is 21.6 Å². The summed E-state index contributed by atoms with van der Waals surface area (Å²) >= 11 is 0. The highest BCUT2D eigenvalue weighted by atomic mass is 32.2. The average molecular weight is 560 g/mol. The number of benzene rings is 4. The van der Waals surface area contributed by atoms with Crippen LogP contribution in [0.5, 0.6) is 11.5 Å². The van der Waals surface area contributed by atoms with Gasteiger partial charge < -0.3 is 14.8 Å². The minimum atomic E-state index is -3.97. The number of carbonyl (C=O) groups excluding carboxylic acids is 1. The third-order valence-corrected chi connectivity index (χ3v) is 7.18. The first-order chi connectivity index (χ1) is 19.2. The molecule has 4 aromatic rings. The van der Waals surface area contributed by atoms with E-state index in [0.717, 1.165) is 0 Å². The molecular weight excluding hydrogens is 534 g/mol. The maximum absolute atomic E-state index is 13.3. The SMILES string of the molecule is COc1ccc(NS(=O)(=O)c2ccc(NC(=O)/C(=C/c3cccc([N+](=O)[O-])c3)c3ccccc3)cc2)c(OC)c1. The number of nitro benzene ring substituents is 1. The first-order valence-corrected chi connectivity index (χ1v) is 13.4. The Morgan fingerprint density at radius 1 is 0.875 bits per heavy atom. The standard InChI is InChI=1S/C29H25N3O7S/c1-38-24-13-16-27(28(19-24)39-2)31-40(36,37)25-14-11-22(12-15-25)30-29(33)26(21-8-4-3-5-9-21)18-20-7-6-10-23(17-20)32(34)35/h3-19,31H,1-2H3,(H,30,33)/b26-18+. The quantitative estimate of drug-likeness (QED) is 0.112. The molecular formula is C29H25N3O7S. The molecule has 0 saturated carbocycles. The number of non-ortho nitro benzene ring substituents is 1. The fourth-order valence-electron chi connectivity index (χ4n) is 3.79. The van der Waals surface area contributed by atoms with Gasteiger partial charge in [-0.25, -0.2) is 8.42 Å². The van der Waals surface area contributed by atoms with Crippen molar-refractivity contribution in [2.24, 2.45) is 0 Å². The molecule has 0 bridgehead atoms. The van der Waals surface area contributed by atoms with Gasteiger partial charge >= 0.3 is 0 Å². The summed E-state index contributed by atoms with van der Waals surface area (Å²) in [5.74, 6) is 0.319. The molecule has 0 atom stereocenters. The second-order valence-electron chi connectivity index (χ2n) is 8.43. The van der Waals surface area contributed by atoms with Crippen LogP contribution < -0.4 is 19.5 Å². The molecule has 40 heavy (non-hydrogen) atoms. The van der Waals surface area contributed by atoms with Crippen LogP contribution in [-0.4, -0.2) is 33.5 Å². The topological polar surface area (TPSA) is 137 Å². The molecule has 1 amide bonds. The molecule has 11 heteroatoms. The van der Waals surface area contributed by atoms with Gasteiger partial charge in [-0.05, 0) is 53.6 Å². The Morgan fingerprint density at radius 2 is 1.60 bits per heavy atom. The molecule has 0 heterocycles. The maximum atomic E-state index is 13.3. The van der Waals surface area contributed by atoms with Crippen molar-refractivity contribution in [2.75, 3.05) is 24.3 Å². The normalized spacial score (nSPS) is 11.4. The van der Waals surface area contributed by atoms with Crippen LogP contribution in [0.3, 0.4) is 0 Å². The van der Waals surface area contributed by atoms with Crippen molar-refractivity contribution in [1.29, 1.82) is 0 Å². The summed E-state index contributed by atoms with van der Waals surface area (Å²) in [5.41, 5.74) is 1.84. The fraction of sp³-hybridized carbons (Fsp3) is 0.0690. The second-order valence-corrected chi connectivity index (χ2v) is 10.1. The average Bonchev–Trinajstić information content (AvgIpc) is 2.96. The number of anilines is 2. The summed E-state index contributed by atoms with van der Waals surface area (Å²) in [5, 5.41) is 14.0. The predicted octanol–water partition coefficient (Wildman–Crippen LogP) is 5.59. The van der Waals surface area contributed by atoms with Gasteiger partial charge in [0.2, 0.25) is 0 Å². The highest BCUT2D eigenvalue weighted by Crippen LogP contribution is 2.31. The first-order valence-electron chi connectivity index (χ1n) is 11.9. The molecule has 0 radical (unpaired) electrons. The van der Waals surface area contributed by atoms with E-state index in [0.29, 0.717) is 22.6 Å². The van der Waals surface area contributed by atoms with Gasteiger partial charge in [0, 0.05) is 29.5 Å². The first kappa shape index (κ1) is 27.9. The molecule has 4 rings (SSSR count). The van der Waals surface area contributed by atoms with Crippen molar-refractivity contribution >= 4 is 44.6 Å². The van der Waals surface area contributed by atoms with Gasteiger partial charge in [0.15, 0.2) is 0 Å². The predicted molar refractivity (Wildman–Crippen MR) is 153 cm³/mol. The second kappa shape index (κ2) is 12.1. The lowest BCUT2D eigenvalue weighted by atomic mass is 10.0. The minimum absolute atomic E-state index is 0.0289. The van der Waals surface area contributed by atoms with E-state index in [1.54, 1.807) is 60.7 Å². The van der Waals surface area contributed by atoms with E-state index in [1.165, 1.54) is 56.7 Å². The maximum Gasteiger partial charge on any atom is 0.270 e. The smallest absolute Gasteiger partial charge is 0.270 e. The van der Waals surface area contributed by atoms with E-state index in [4.69, 9.17) is 9.47 Å². The van der Waals surface area contributed by atoms with Crippen molar-refractivity contribution in [3.8, 4) is 11.5 Å². The van der Waals surface area contributed by atoms with Gasteiger partial charge in [0.1, 0.15) is 11.5 Å². The summed E-state index contributed by atoms with van der Waals surface area (Å²) in [6.07, 6.45) is 1.56. The number of sulfonamides is 1. The number of rotatable bonds is 10. The number of carbonyl (C=O) groups is 1. The van der Waals surface area contributed by atoms with E-state index in [-0.39, 0.29) is 27.6 Å². The van der Waals surface area contributed by atoms with Crippen molar-refractivity contribution in [2.45, 2.75) is 4.90 Å². The summed E-state index contributed by atoms with van der Waals surface area (Å²) < 4.78 is 38.9. The highest BCUT2D eigenvalue weighted by Gasteiger charge is 2.18. The van der Waals surface area contributed by atoms with Crippen LogP contribution in [0.25, 0.3) is 11.6 Å². The number of methoxy groups -OCH3 is 2. The van der Waals surface area contributed by atoms with Crippen LogP contribution in [0.15, 0.2) is 102 Å². The summed E-state index contributed by atoms with van der Waals surface area (Å²) in [6.45, 7) is 0. The van der Waals surface area contributed by atoms with Gasteiger partial charge in [-0.15, -0.1) is 0 Å². The van der Waals surface area contributed by atoms with Crippen molar-refractivity contribution < 1.29 is 27.6 Å². The number of nitrogens with one attached hydrogen (secondary N) is 2. The molecule has 4 aromatic carbocycles. The Morgan fingerprint density at radius 3 is 2.25 bits per heavy atom. The van der Waals surface area contributed by atoms with Gasteiger partial charge in [-0.2, -0.15) is 0 Å². The molecule has 0 fully saturated rings. The van der Waals surface area contributed by atoms with Crippen LogP contribution in [0, 0.1) is 10.1 Å². The number of ether oxygens (including phenoxy) is 2. The van der Waals surface area contributed by atoms with Crippen molar-refractivity contribution in [1.82, 2.24) is 0 Å². The van der Waals surface area contributed by atoms with E-state index < -0.39 is 20.9 Å².